The molecule has 1 N–H and O–H groups in total. The second-order valence-corrected chi connectivity index (χ2v) is 7.12. The lowest BCUT2D eigenvalue weighted by Gasteiger charge is -2.24. The highest BCUT2D eigenvalue weighted by atomic mass is 32.2. The molecule has 0 aromatic heterocycles. The lowest BCUT2D eigenvalue weighted by molar-refractivity contribution is -0.119. The minimum absolute atomic E-state index is 0.0241. The first-order chi connectivity index (χ1) is 12.6. The molecule has 3 rings (SSSR count). The van der Waals surface area contributed by atoms with Gasteiger partial charge in [0.15, 0.2) is 0 Å². The van der Waals surface area contributed by atoms with E-state index in [2.05, 4.69) is 24.4 Å². The molecule has 2 aromatic carbocycles. The summed E-state index contributed by atoms with van der Waals surface area (Å²) in [4.78, 5) is 25.9. The zero-order chi connectivity index (χ0) is 18.5. The summed E-state index contributed by atoms with van der Waals surface area (Å²) in [6, 6.07) is 15.8. The Morgan fingerprint density at radius 1 is 1.19 bits per heavy atom. The molecule has 0 spiro atoms. The molecule has 0 bridgehead atoms. The average molecular weight is 370 g/mol. The van der Waals surface area contributed by atoms with Gasteiger partial charge in [0, 0.05) is 18.5 Å². The normalized spacial score (nSPS) is 16.8. The number of anilines is 2. The monoisotopic (exact) mass is 370 g/mol. The highest BCUT2D eigenvalue weighted by Gasteiger charge is 2.33. The Hall–Kier alpha value is -2.31. The van der Waals surface area contributed by atoms with Crippen molar-refractivity contribution in [2.75, 3.05) is 29.7 Å². The van der Waals surface area contributed by atoms with Gasteiger partial charge in [-0.25, -0.2) is 0 Å². The van der Waals surface area contributed by atoms with Crippen LogP contribution in [0.3, 0.4) is 0 Å². The third-order valence-corrected chi connectivity index (χ3v) is 5.46. The number of benzene rings is 2. The molecule has 26 heavy (non-hydrogen) atoms. The van der Waals surface area contributed by atoms with E-state index in [4.69, 9.17) is 4.74 Å². The lowest BCUT2D eigenvalue weighted by atomic mass is 10.1. The fourth-order valence-corrected chi connectivity index (χ4v) is 4.08. The summed E-state index contributed by atoms with van der Waals surface area (Å²) in [6.07, 6.45) is 0.975. The number of carbonyl (C=O) groups excluding carboxylic acids is 2. The van der Waals surface area contributed by atoms with Crippen LogP contribution in [0.5, 0.6) is 0 Å². The van der Waals surface area contributed by atoms with E-state index in [-0.39, 0.29) is 23.8 Å². The third-order valence-electron chi connectivity index (χ3n) is 4.25. The van der Waals surface area contributed by atoms with Gasteiger partial charge in [0.1, 0.15) is 12.0 Å². The van der Waals surface area contributed by atoms with E-state index < -0.39 is 0 Å². The highest BCUT2D eigenvalue weighted by Crippen LogP contribution is 2.41. The van der Waals surface area contributed by atoms with E-state index >= 15 is 0 Å². The second-order valence-electron chi connectivity index (χ2n) is 6.05. The van der Waals surface area contributed by atoms with Crippen molar-refractivity contribution in [1.82, 2.24) is 0 Å². The number of nitrogens with one attached hydrogen (secondary N) is 1. The number of ether oxygens (including phenoxy) is 1. The van der Waals surface area contributed by atoms with Gasteiger partial charge < -0.3 is 10.1 Å². The number of hydrogen-bond donors (Lipinski definition) is 1. The number of nitrogens with zero attached hydrogens (tertiary/aromatic N) is 1. The zero-order valence-electron chi connectivity index (χ0n) is 14.9. The Balaban J connectivity index is 1.78. The van der Waals surface area contributed by atoms with E-state index in [1.54, 1.807) is 11.8 Å². The predicted molar refractivity (Wildman–Crippen MR) is 105 cm³/mol. The Morgan fingerprint density at radius 2 is 1.88 bits per heavy atom. The number of carbonyl (C=O) groups is 2. The smallest absolute Gasteiger partial charge is 0.250 e. The van der Waals surface area contributed by atoms with Gasteiger partial charge in [-0.05, 0) is 41.8 Å². The van der Waals surface area contributed by atoms with Gasteiger partial charge in [-0.3, -0.25) is 14.5 Å². The number of amides is 2. The molecule has 0 saturated carbocycles. The summed E-state index contributed by atoms with van der Waals surface area (Å²) in [5, 5.41) is 2.72. The van der Waals surface area contributed by atoms with Crippen LogP contribution < -0.4 is 10.2 Å². The summed E-state index contributed by atoms with van der Waals surface area (Å²) < 4.78 is 4.81. The number of methoxy groups -OCH3 is 1. The molecule has 1 heterocycles. The van der Waals surface area contributed by atoms with Gasteiger partial charge in [-0.1, -0.05) is 31.2 Å². The Bertz CT molecular complexity index is 775. The first-order valence-electron chi connectivity index (χ1n) is 8.53. The van der Waals surface area contributed by atoms with E-state index in [1.807, 2.05) is 41.3 Å². The molecule has 2 aromatic rings. The molecule has 0 unspecified atom stereocenters. The second kappa shape index (κ2) is 8.38. The molecule has 0 aliphatic carbocycles. The first kappa shape index (κ1) is 18.5. The summed E-state index contributed by atoms with van der Waals surface area (Å²) in [5.41, 5.74) is 3.91. The number of thioether (sulfide) groups is 1. The number of hydrogen-bond acceptors (Lipinski definition) is 4. The molecule has 5 nitrogen and oxygen atoms in total. The SMILES string of the molecule is CCc1ccc(N2C(=O)CS[C@H]2c2ccc(NC(=O)COC)cc2)cc1. The molecule has 136 valence electrons. The Kier molecular flexibility index (Phi) is 5.96. The minimum atomic E-state index is -0.191. The Labute approximate surface area is 157 Å². The molecule has 1 aliphatic rings. The van der Waals surface area contributed by atoms with E-state index in [1.165, 1.54) is 12.7 Å². The van der Waals surface area contributed by atoms with Crippen molar-refractivity contribution in [2.24, 2.45) is 0 Å². The van der Waals surface area contributed by atoms with Crippen LogP contribution in [0.4, 0.5) is 11.4 Å². The fraction of sp³-hybridized carbons (Fsp3) is 0.300. The average Bonchev–Trinajstić information content (AvgIpc) is 3.04. The zero-order valence-corrected chi connectivity index (χ0v) is 15.7. The van der Waals surface area contributed by atoms with Crippen LogP contribution in [0, 0.1) is 0 Å². The van der Waals surface area contributed by atoms with Crippen molar-refractivity contribution in [2.45, 2.75) is 18.7 Å². The molecule has 0 radical (unpaired) electrons. The van der Waals surface area contributed by atoms with Crippen LogP contribution in [-0.2, 0) is 20.7 Å². The molecule has 1 aliphatic heterocycles. The molecule has 2 amide bonds. The topological polar surface area (TPSA) is 58.6 Å². The third kappa shape index (κ3) is 4.08. The predicted octanol–water partition coefficient (Wildman–Crippen LogP) is 3.61. The van der Waals surface area contributed by atoms with Crippen LogP contribution in [-0.4, -0.2) is 31.3 Å². The standard InChI is InChI=1S/C20H22N2O3S/c1-3-14-4-10-17(11-5-14)22-19(24)13-26-20(22)15-6-8-16(9-7-15)21-18(23)12-25-2/h4-11,20H,3,12-13H2,1-2H3,(H,21,23)/t20-/m0/s1. The van der Waals surface area contributed by atoms with Crippen LogP contribution in [0.2, 0.25) is 0 Å². The van der Waals surface area contributed by atoms with Gasteiger partial charge in [-0.15, -0.1) is 11.8 Å². The molecular weight excluding hydrogens is 348 g/mol. The molecular formula is C20H22N2O3S. The Morgan fingerprint density at radius 3 is 2.50 bits per heavy atom. The lowest BCUT2D eigenvalue weighted by Crippen LogP contribution is -2.27. The molecule has 1 saturated heterocycles. The van der Waals surface area contributed by atoms with Crippen LogP contribution in [0.1, 0.15) is 23.4 Å². The van der Waals surface area contributed by atoms with Gasteiger partial charge in [0.05, 0.1) is 5.75 Å². The van der Waals surface area contributed by atoms with Crippen LogP contribution in [0.25, 0.3) is 0 Å². The maximum atomic E-state index is 12.4. The van der Waals surface area contributed by atoms with Gasteiger partial charge >= 0.3 is 0 Å². The van der Waals surface area contributed by atoms with Crippen molar-refractivity contribution in [1.29, 1.82) is 0 Å². The van der Waals surface area contributed by atoms with Gasteiger partial charge in [-0.2, -0.15) is 0 Å². The largest absolute Gasteiger partial charge is 0.375 e. The highest BCUT2D eigenvalue weighted by molar-refractivity contribution is 8.00. The first-order valence-corrected chi connectivity index (χ1v) is 9.58. The van der Waals surface area contributed by atoms with Crippen molar-refractivity contribution in [3.63, 3.8) is 0 Å². The van der Waals surface area contributed by atoms with Crippen molar-refractivity contribution in [3.05, 3.63) is 59.7 Å². The van der Waals surface area contributed by atoms with Gasteiger partial charge in [0.2, 0.25) is 11.8 Å². The number of rotatable bonds is 6. The van der Waals surface area contributed by atoms with Gasteiger partial charge in [0.25, 0.3) is 0 Å². The van der Waals surface area contributed by atoms with E-state index in [0.717, 1.165) is 17.7 Å². The minimum Gasteiger partial charge on any atom is -0.375 e. The number of aryl methyl sites for hydroxylation is 1. The summed E-state index contributed by atoms with van der Waals surface area (Å²) in [6.45, 7) is 2.14. The summed E-state index contributed by atoms with van der Waals surface area (Å²) >= 11 is 1.61. The maximum absolute atomic E-state index is 12.4. The van der Waals surface area contributed by atoms with Crippen molar-refractivity contribution in [3.8, 4) is 0 Å². The summed E-state index contributed by atoms with van der Waals surface area (Å²) in [7, 11) is 1.48. The quantitative estimate of drug-likeness (QED) is 0.844. The molecule has 6 heteroatoms. The molecule has 1 atom stereocenters. The van der Waals surface area contributed by atoms with Crippen molar-refractivity contribution >= 4 is 35.0 Å². The van der Waals surface area contributed by atoms with E-state index in [0.29, 0.717) is 11.4 Å². The summed E-state index contributed by atoms with van der Waals surface area (Å²) in [5.74, 6) is 0.386. The van der Waals surface area contributed by atoms with Crippen LogP contribution >= 0.6 is 11.8 Å². The van der Waals surface area contributed by atoms with Crippen molar-refractivity contribution < 1.29 is 14.3 Å². The van der Waals surface area contributed by atoms with Crippen LogP contribution in [0.15, 0.2) is 48.5 Å². The van der Waals surface area contributed by atoms with E-state index in [9.17, 15) is 9.59 Å². The fourth-order valence-electron chi connectivity index (χ4n) is 2.90. The maximum Gasteiger partial charge on any atom is 0.250 e. The molecule has 1 fully saturated rings.